The van der Waals surface area contributed by atoms with Crippen molar-refractivity contribution in [1.82, 2.24) is 9.13 Å². The normalized spacial score (nSPS) is 11.9. The molecule has 13 rings (SSSR count). The molecule has 0 aliphatic heterocycles. The lowest BCUT2D eigenvalue weighted by atomic mass is 10.1. The Hall–Kier alpha value is -6.10. The highest BCUT2D eigenvalue weighted by Crippen LogP contribution is 2.47. The number of unbranched alkanes of at least 4 members (excludes halogenated alkanes) is 5. The summed E-state index contributed by atoms with van der Waals surface area (Å²) in [4.78, 5) is 16.2. The average molecular weight is 1030 g/mol. The number of rotatable bonds is 15. The molecule has 0 bridgehead atoms. The number of benzene rings is 5. The fourth-order valence-electron chi connectivity index (χ4n) is 10.3. The zero-order valence-electron chi connectivity index (χ0n) is 39.6. The van der Waals surface area contributed by atoms with Crippen molar-refractivity contribution in [1.29, 1.82) is 0 Å². The Labute approximate surface area is 439 Å². The number of hydrogen-bond acceptors (Lipinski definition) is 6. The van der Waals surface area contributed by atoms with E-state index in [2.05, 4.69) is 205 Å². The second-order valence-corrected chi connectivity index (χ2v) is 25.3. The quantitative estimate of drug-likeness (QED) is 0.0906. The van der Waals surface area contributed by atoms with Crippen LogP contribution in [0.15, 0.2) is 182 Å². The first-order valence-corrected chi connectivity index (χ1v) is 29.7. The number of thiophene rings is 6. The molecule has 0 saturated carbocycles. The Kier molecular flexibility index (Phi) is 12.1. The Morgan fingerprint density at radius 1 is 0.324 bits per heavy atom. The summed E-state index contributed by atoms with van der Waals surface area (Å²) in [5.41, 5.74) is 9.66. The lowest BCUT2D eigenvalue weighted by Gasteiger charge is -2.09. The molecule has 8 aromatic heterocycles. The first-order valence-electron chi connectivity index (χ1n) is 24.8. The van der Waals surface area contributed by atoms with Crippen LogP contribution in [-0.4, -0.2) is 9.13 Å². The minimum atomic E-state index is 1.16. The molecule has 0 saturated heterocycles. The Balaban J connectivity index is 0.879. The molecule has 8 heteroatoms. The first kappa shape index (κ1) is 44.8. The van der Waals surface area contributed by atoms with Crippen molar-refractivity contribution in [2.24, 2.45) is 0 Å². The van der Waals surface area contributed by atoms with E-state index < -0.39 is 0 Å². The molecule has 0 N–H and O–H groups in total. The molecule has 0 fully saturated rings. The predicted octanol–water partition coefficient (Wildman–Crippen LogP) is 21.5. The Morgan fingerprint density at radius 2 is 0.718 bits per heavy atom. The van der Waals surface area contributed by atoms with Crippen molar-refractivity contribution >= 4 is 112 Å². The van der Waals surface area contributed by atoms with Crippen LogP contribution in [0.25, 0.3) is 115 Å². The van der Waals surface area contributed by atoms with E-state index in [-0.39, 0.29) is 0 Å². The topological polar surface area (TPSA) is 9.86 Å². The molecule has 0 atom stereocenters. The number of hydrogen-bond donors (Lipinski definition) is 0. The van der Waals surface area contributed by atoms with Crippen LogP contribution in [-0.2, 0) is 6.42 Å². The van der Waals surface area contributed by atoms with Gasteiger partial charge in [-0.2, -0.15) is 0 Å². The van der Waals surface area contributed by atoms with E-state index in [1.807, 2.05) is 68.0 Å². The molecule has 0 radical (unpaired) electrons. The fourth-order valence-corrected chi connectivity index (χ4v) is 16.6. The number of nitrogens with zero attached hydrogens (tertiary/aromatic N) is 2. The molecule has 348 valence electrons. The van der Waals surface area contributed by atoms with Crippen LogP contribution < -0.4 is 0 Å². The standard InChI is InChI=1S/C63H50N2S6/c1-3-4-5-6-7-14-19-45-23-27-57(67-45)59-33-35-63(71-59)61-31-29-55(69-61)42-22-25-51-47(37-42)49-39-52-48(38-53(49)65(51)44-17-12-9-13-18-44)46-36-41(21-24-50(46)64(52)43-15-10-8-11-16-43)54-28-30-60(68-54)62-34-32-58(70-62)56-26-20-40(2)66-56/h8-13,15-18,20-39H,3-7,14,19H2,1-2H3. The molecule has 0 aliphatic carbocycles. The van der Waals surface area contributed by atoms with Crippen molar-refractivity contribution in [3.63, 3.8) is 0 Å². The third kappa shape index (κ3) is 8.48. The lowest BCUT2D eigenvalue weighted by molar-refractivity contribution is 0.609. The third-order valence-corrected chi connectivity index (χ3v) is 21.2. The lowest BCUT2D eigenvalue weighted by Crippen LogP contribution is -1.94. The van der Waals surface area contributed by atoms with E-state index in [1.54, 1.807) is 0 Å². The van der Waals surface area contributed by atoms with Gasteiger partial charge in [0.15, 0.2) is 0 Å². The molecule has 0 spiro atoms. The zero-order chi connectivity index (χ0) is 47.4. The summed E-state index contributed by atoms with van der Waals surface area (Å²) in [7, 11) is 0. The molecule has 2 nitrogen and oxygen atoms in total. The van der Waals surface area contributed by atoms with Gasteiger partial charge >= 0.3 is 0 Å². The summed E-state index contributed by atoms with van der Waals surface area (Å²) in [5.74, 6) is 0. The molecule has 0 unspecified atom stereocenters. The van der Waals surface area contributed by atoms with Gasteiger partial charge in [-0.25, -0.2) is 0 Å². The van der Waals surface area contributed by atoms with Gasteiger partial charge in [0.2, 0.25) is 0 Å². The van der Waals surface area contributed by atoms with E-state index in [0.29, 0.717) is 0 Å². The maximum atomic E-state index is 2.47. The summed E-state index contributed by atoms with van der Waals surface area (Å²) >= 11 is 11.4. The summed E-state index contributed by atoms with van der Waals surface area (Å²) in [6, 6.07) is 68.5. The molecule has 0 amide bonds. The van der Waals surface area contributed by atoms with Gasteiger partial charge in [0.1, 0.15) is 0 Å². The van der Waals surface area contributed by atoms with Gasteiger partial charge in [-0.1, -0.05) is 87.6 Å². The second kappa shape index (κ2) is 19.1. The smallest absolute Gasteiger partial charge is 0.0548 e. The van der Waals surface area contributed by atoms with Crippen molar-refractivity contribution in [3.8, 4) is 71.3 Å². The monoisotopic (exact) mass is 1030 g/mol. The summed E-state index contributed by atoms with van der Waals surface area (Å²) in [6.07, 6.45) is 9.26. The van der Waals surface area contributed by atoms with Crippen LogP contribution in [0.3, 0.4) is 0 Å². The van der Waals surface area contributed by atoms with Crippen LogP contribution in [0, 0.1) is 6.92 Å². The van der Waals surface area contributed by atoms with Crippen molar-refractivity contribution < 1.29 is 0 Å². The Bertz CT molecular complexity index is 4010. The minimum Gasteiger partial charge on any atom is -0.309 e. The van der Waals surface area contributed by atoms with Gasteiger partial charge in [0.05, 0.1) is 22.1 Å². The summed E-state index contributed by atoms with van der Waals surface area (Å²) < 4.78 is 4.94. The molecular formula is C63H50N2S6. The van der Waals surface area contributed by atoms with Gasteiger partial charge in [0.25, 0.3) is 0 Å². The average Bonchev–Trinajstić information content (AvgIpc) is 4.27. The molecule has 71 heavy (non-hydrogen) atoms. The van der Waals surface area contributed by atoms with E-state index in [1.165, 1.54) is 158 Å². The highest BCUT2D eigenvalue weighted by atomic mass is 32.1. The Morgan fingerprint density at radius 3 is 1.20 bits per heavy atom. The predicted molar refractivity (Wildman–Crippen MR) is 317 cm³/mol. The maximum Gasteiger partial charge on any atom is 0.0548 e. The van der Waals surface area contributed by atoms with Crippen LogP contribution in [0.1, 0.15) is 55.2 Å². The SMILES string of the molecule is CCCCCCCCc1ccc(-c2ccc(-c3ccc(-c4ccc5c(c4)c4cc6c(cc4n5-c4ccccc4)c4cc(-c5ccc(-c7ccc(-c8ccc(C)s8)s7)s5)ccc4n6-c4ccccc4)s3)s2)s1. The van der Waals surface area contributed by atoms with Crippen molar-refractivity contribution in [2.45, 2.75) is 58.8 Å². The second-order valence-electron chi connectivity index (χ2n) is 18.5. The van der Waals surface area contributed by atoms with Gasteiger partial charge in [-0.15, -0.1) is 68.0 Å². The van der Waals surface area contributed by atoms with Gasteiger partial charge in [-0.3, -0.25) is 0 Å². The molecule has 8 heterocycles. The highest BCUT2D eigenvalue weighted by molar-refractivity contribution is 7.28. The molecule has 13 aromatic rings. The zero-order valence-corrected chi connectivity index (χ0v) is 44.5. The first-order chi connectivity index (χ1) is 35.0. The van der Waals surface area contributed by atoms with E-state index in [0.717, 1.165) is 11.4 Å². The van der Waals surface area contributed by atoms with Crippen LogP contribution in [0.5, 0.6) is 0 Å². The maximum absolute atomic E-state index is 2.47. The minimum absolute atomic E-state index is 1.16. The van der Waals surface area contributed by atoms with Crippen molar-refractivity contribution in [3.05, 3.63) is 192 Å². The molecule has 0 aliphatic rings. The highest BCUT2D eigenvalue weighted by Gasteiger charge is 2.21. The third-order valence-electron chi connectivity index (χ3n) is 13.8. The summed E-state index contributed by atoms with van der Waals surface area (Å²) in [6.45, 7) is 4.47. The van der Waals surface area contributed by atoms with Crippen molar-refractivity contribution in [2.75, 3.05) is 0 Å². The van der Waals surface area contributed by atoms with Crippen LogP contribution >= 0.6 is 68.0 Å². The van der Waals surface area contributed by atoms with E-state index >= 15 is 0 Å². The van der Waals surface area contributed by atoms with E-state index in [9.17, 15) is 0 Å². The number of para-hydroxylation sites is 2. The van der Waals surface area contributed by atoms with E-state index in [4.69, 9.17) is 0 Å². The van der Waals surface area contributed by atoms with Gasteiger partial charge in [0, 0.05) is 91.4 Å². The van der Waals surface area contributed by atoms with Gasteiger partial charge < -0.3 is 9.13 Å². The molecule has 5 aromatic carbocycles. The van der Waals surface area contributed by atoms with Crippen LogP contribution in [0.2, 0.25) is 0 Å². The number of aromatic nitrogens is 2. The fraction of sp³-hybridized carbons (Fsp3) is 0.143. The molecular weight excluding hydrogens is 977 g/mol. The van der Waals surface area contributed by atoms with Gasteiger partial charge in [-0.05, 0) is 164 Å². The largest absolute Gasteiger partial charge is 0.309 e. The summed E-state index contributed by atoms with van der Waals surface area (Å²) in [5, 5.41) is 5.01. The number of fused-ring (bicyclic) bond motifs is 6. The number of aryl methyl sites for hydroxylation is 2. The van der Waals surface area contributed by atoms with Crippen LogP contribution in [0.4, 0.5) is 0 Å².